The molecule has 14 heavy (non-hydrogen) atoms. The molecule has 1 N–H and O–H groups in total. The van der Waals surface area contributed by atoms with E-state index in [0.29, 0.717) is 6.42 Å². The fraction of sp³-hybridized carbons (Fsp3) is 0.800. The molecule has 4 heteroatoms. The van der Waals surface area contributed by atoms with Gasteiger partial charge in [-0.15, -0.1) is 0 Å². The summed E-state index contributed by atoms with van der Waals surface area (Å²) in [5.74, 6) is 0. The summed E-state index contributed by atoms with van der Waals surface area (Å²) in [5.41, 5.74) is -1.37. The highest BCUT2D eigenvalue weighted by Crippen LogP contribution is 2.10. The minimum absolute atomic E-state index is 0.537. The average Bonchev–Trinajstić information content (AvgIpc) is 2.00. The van der Waals surface area contributed by atoms with Gasteiger partial charge in [-0.05, 0) is 34.1 Å². The first-order valence-corrected chi connectivity index (χ1v) is 4.70. The van der Waals surface area contributed by atoms with Gasteiger partial charge in [-0.3, -0.25) is 0 Å². The summed E-state index contributed by atoms with van der Waals surface area (Å²) < 4.78 is 5.03. The molecule has 0 aliphatic rings. The number of carbonyl (C=O) groups is 2. The van der Waals surface area contributed by atoms with Gasteiger partial charge < -0.3 is 14.8 Å². The molecule has 0 saturated heterocycles. The molecule has 0 radical (unpaired) electrons. The van der Waals surface area contributed by atoms with Crippen LogP contribution < -0.4 is 5.32 Å². The number of hydrogen-bond acceptors (Lipinski definition) is 3. The summed E-state index contributed by atoms with van der Waals surface area (Å²) in [4.78, 5) is 22.0. The molecule has 82 valence electrons. The van der Waals surface area contributed by atoms with Crippen LogP contribution in [-0.4, -0.2) is 23.5 Å². The lowest BCUT2D eigenvalue weighted by molar-refractivity contribution is -0.113. The normalized spacial score (nSPS) is 15.5. The summed E-state index contributed by atoms with van der Waals surface area (Å²) in [6.07, 6.45) is 0.695. The van der Waals surface area contributed by atoms with E-state index >= 15 is 0 Å². The van der Waals surface area contributed by atoms with E-state index in [9.17, 15) is 9.59 Å². The smallest absolute Gasteiger partial charge is 0.408 e. The van der Waals surface area contributed by atoms with Crippen LogP contribution in [0, 0.1) is 0 Å². The molecule has 0 rings (SSSR count). The van der Waals surface area contributed by atoms with Crippen molar-refractivity contribution in [2.24, 2.45) is 0 Å². The van der Waals surface area contributed by atoms with Crippen LogP contribution in [0.1, 0.15) is 41.0 Å². The van der Waals surface area contributed by atoms with E-state index in [1.165, 1.54) is 0 Å². The molecule has 4 nitrogen and oxygen atoms in total. The fourth-order valence-electron chi connectivity index (χ4n) is 0.738. The third-order valence-electron chi connectivity index (χ3n) is 1.78. The van der Waals surface area contributed by atoms with Crippen molar-refractivity contribution in [3.05, 3.63) is 0 Å². The quantitative estimate of drug-likeness (QED) is 0.709. The molecule has 0 aromatic heterocycles. The largest absolute Gasteiger partial charge is 0.444 e. The minimum atomic E-state index is -0.831. The Morgan fingerprint density at radius 1 is 1.36 bits per heavy atom. The third-order valence-corrected chi connectivity index (χ3v) is 1.78. The molecule has 0 spiro atoms. The van der Waals surface area contributed by atoms with Gasteiger partial charge >= 0.3 is 6.09 Å². The monoisotopic (exact) mass is 201 g/mol. The SMILES string of the molecule is CCC(C)(C=O)NC(=O)OC(C)(C)C. The van der Waals surface area contributed by atoms with Crippen LogP contribution in [0.3, 0.4) is 0 Å². The van der Waals surface area contributed by atoms with Crippen molar-refractivity contribution in [3.8, 4) is 0 Å². The average molecular weight is 201 g/mol. The fourth-order valence-corrected chi connectivity index (χ4v) is 0.738. The molecule has 1 atom stereocenters. The molecule has 0 aliphatic carbocycles. The highest BCUT2D eigenvalue weighted by atomic mass is 16.6. The van der Waals surface area contributed by atoms with Crippen molar-refractivity contribution in [2.75, 3.05) is 0 Å². The Bertz CT molecular complexity index is 220. The number of alkyl carbamates (subject to hydrolysis) is 1. The Labute approximate surface area is 85.0 Å². The molecule has 0 saturated carbocycles. The molecular formula is C10H19NO3. The van der Waals surface area contributed by atoms with E-state index < -0.39 is 17.2 Å². The van der Waals surface area contributed by atoms with Gasteiger partial charge in [0.05, 0.1) is 5.54 Å². The maximum absolute atomic E-state index is 11.3. The van der Waals surface area contributed by atoms with Crippen LogP contribution in [0.25, 0.3) is 0 Å². The molecule has 1 amide bonds. The zero-order chi connectivity index (χ0) is 11.4. The summed E-state index contributed by atoms with van der Waals surface area (Å²) in [6.45, 7) is 8.81. The first-order chi connectivity index (χ1) is 6.22. The summed E-state index contributed by atoms with van der Waals surface area (Å²) in [6, 6.07) is 0. The molecule has 1 unspecified atom stereocenters. The second-order valence-electron chi connectivity index (χ2n) is 4.52. The Balaban J connectivity index is 4.25. The van der Waals surface area contributed by atoms with Crippen LogP contribution >= 0.6 is 0 Å². The van der Waals surface area contributed by atoms with Gasteiger partial charge in [0.25, 0.3) is 0 Å². The van der Waals surface area contributed by atoms with E-state index in [2.05, 4.69) is 5.32 Å². The van der Waals surface area contributed by atoms with Gasteiger partial charge in [-0.25, -0.2) is 4.79 Å². The maximum atomic E-state index is 11.3. The number of amides is 1. The molecule has 0 aliphatic heterocycles. The second kappa shape index (κ2) is 4.44. The number of aldehydes is 1. The van der Waals surface area contributed by atoms with Crippen LogP contribution in [0.5, 0.6) is 0 Å². The Kier molecular flexibility index (Phi) is 4.10. The van der Waals surface area contributed by atoms with Gasteiger partial charge in [0, 0.05) is 0 Å². The summed E-state index contributed by atoms with van der Waals surface area (Å²) in [7, 11) is 0. The van der Waals surface area contributed by atoms with Gasteiger partial charge in [0.2, 0.25) is 0 Å². The van der Waals surface area contributed by atoms with Crippen LogP contribution in [0.2, 0.25) is 0 Å². The summed E-state index contributed by atoms with van der Waals surface area (Å²) >= 11 is 0. The third kappa shape index (κ3) is 4.84. The number of ether oxygens (including phenoxy) is 1. The minimum Gasteiger partial charge on any atom is -0.444 e. The van der Waals surface area contributed by atoms with Crippen molar-refractivity contribution in [3.63, 3.8) is 0 Å². The second-order valence-corrected chi connectivity index (χ2v) is 4.52. The predicted molar refractivity (Wildman–Crippen MR) is 54.1 cm³/mol. The Morgan fingerprint density at radius 3 is 2.14 bits per heavy atom. The molecule has 0 bridgehead atoms. The van der Waals surface area contributed by atoms with Crippen LogP contribution in [0.4, 0.5) is 4.79 Å². The van der Waals surface area contributed by atoms with E-state index in [-0.39, 0.29) is 0 Å². The van der Waals surface area contributed by atoms with Crippen molar-refractivity contribution < 1.29 is 14.3 Å². The standard InChI is InChI=1S/C10H19NO3/c1-6-10(5,7-12)11-8(13)14-9(2,3)4/h7H,6H2,1-5H3,(H,11,13). The lowest BCUT2D eigenvalue weighted by Crippen LogP contribution is -2.48. The molecule has 0 aromatic rings. The highest BCUT2D eigenvalue weighted by Gasteiger charge is 2.26. The lowest BCUT2D eigenvalue weighted by Gasteiger charge is -2.26. The topological polar surface area (TPSA) is 55.4 Å². The predicted octanol–water partition coefficient (Wildman–Crippen LogP) is 1.88. The number of carbonyl (C=O) groups excluding carboxylic acids is 2. The van der Waals surface area contributed by atoms with Gasteiger partial charge in [0.1, 0.15) is 11.9 Å². The Hall–Kier alpha value is -1.06. The van der Waals surface area contributed by atoms with Crippen molar-refractivity contribution >= 4 is 12.4 Å². The number of hydrogen-bond donors (Lipinski definition) is 1. The zero-order valence-electron chi connectivity index (χ0n) is 9.51. The van der Waals surface area contributed by atoms with Crippen molar-refractivity contribution in [1.82, 2.24) is 5.32 Å². The number of rotatable bonds is 3. The maximum Gasteiger partial charge on any atom is 0.408 e. The molecule has 0 fully saturated rings. The summed E-state index contributed by atoms with van der Waals surface area (Å²) in [5, 5.41) is 2.52. The van der Waals surface area contributed by atoms with Crippen LogP contribution in [-0.2, 0) is 9.53 Å². The number of nitrogens with one attached hydrogen (secondary N) is 1. The van der Waals surface area contributed by atoms with E-state index in [1.807, 2.05) is 6.92 Å². The van der Waals surface area contributed by atoms with Gasteiger partial charge in [-0.1, -0.05) is 6.92 Å². The van der Waals surface area contributed by atoms with E-state index in [4.69, 9.17) is 4.74 Å². The molecule has 0 aromatic carbocycles. The lowest BCUT2D eigenvalue weighted by atomic mass is 10.0. The van der Waals surface area contributed by atoms with Crippen LogP contribution in [0.15, 0.2) is 0 Å². The first kappa shape index (κ1) is 12.9. The first-order valence-electron chi connectivity index (χ1n) is 4.70. The van der Waals surface area contributed by atoms with Gasteiger partial charge in [-0.2, -0.15) is 0 Å². The van der Waals surface area contributed by atoms with Crippen molar-refractivity contribution in [1.29, 1.82) is 0 Å². The molecular weight excluding hydrogens is 182 g/mol. The van der Waals surface area contributed by atoms with Crippen molar-refractivity contribution in [2.45, 2.75) is 52.2 Å². The van der Waals surface area contributed by atoms with E-state index in [0.717, 1.165) is 6.29 Å². The Morgan fingerprint density at radius 2 is 1.86 bits per heavy atom. The zero-order valence-corrected chi connectivity index (χ0v) is 9.51. The van der Waals surface area contributed by atoms with E-state index in [1.54, 1.807) is 27.7 Å². The molecule has 0 heterocycles. The highest BCUT2D eigenvalue weighted by molar-refractivity contribution is 5.76. The van der Waals surface area contributed by atoms with Gasteiger partial charge in [0.15, 0.2) is 0 Å².